The van der Waals surface area contributed by atoms with Crippen LogP contribution in [0.25, 0.3) is 0 Å². The molecule has 0 aromatic rings. The molecule has 0 aromatic carbocycles. The van der Waals surface area contributed by atoms with Crippen LogP contribution in [0.3, 0.4) is 0 Å². The summed E-state index contributed by atoms with van der Waals surface area (Å²) in [5.41, 5.74) is 0. The van der Waals surface area contributed by atoms with Crippen molar-refractivity contribution in [2.24, 2.45) is 0 Å². The van der Waals surface area contributed by atoms with Gasteiger partial charge in [0.25, 0.3) is 0 Å². The lowest BCUT2D eigenvalue weighted by molar-refractivity contribution is -0.655. The van der Waals surface area contributed by atoms with E-state index < -0.39 is 20.0 Å². The minimum Gasteiger partial charge on any atom is -0.346 e. The zero-order valence-electron chi connectivity index (χ0n) is 36.9. The van der Waals surface area contributed by atoms with Gasteiger partial charge in [0.1, 0.15) is 0 Å². The predicted octanol–water partition coefficient (Wildman–Crippen LogP) is 11.8. The van der Waals surface area contributed by atoms with Gasteiger partial charge < -0.3 is 5.32 Å². The van der Waals surface area contributed by atoms with Gasteiger partial charge in [0.2, 0.25) is 20.0 Å². The lowest BCUT2D eigenvalue weighted by Crippen LogP contribution is -2.84. The van der Waals surface area contributed by atoms with Crippen LogP contribution in [0.15, 0.2) is 0 Å². The number of unbranched alkanes of at least 4 members (excludes halogenated alkanes) is 27. The third kappa shape index (κ3) is 33.9. The Balaban J connectivity index is 4.22. The van der Waals surface area contributed by atoms with Crippen LogP contribution in [0, 0.1) is 0 Å². The lowest BCUT2D eigenvalue weighted by Gasteiger charge is -2.22. The number of hydrogen-bond donors (Lipinski definition) is 1. The third-order valence-corrected chi connectivity index (χ3v) is 15.1. The molecule has 0 spiro atoms. The van der Waals surface area contributed by atoms with Gasteiger partial charge in [-0.05, 0) is 64.2 Å². The van der Waals surface area contributed by atoms with E-state index in [0.29, 0.717) is 37.7 Å². The fourth-order valence-corrected chi connectivity index (χ4v) is 10.8. The number of quaternary nitrogens is 1. The lowest BCUT2D eigenvalue weighted by atomic mass is 10.1. The van der Waals surface area contributed by atoms with E-state index in [1.807, 2.05) is 8.61 Å². The molecule has 0 saturated heterocycles. The Hall–Kier alpha value is -0.220. The first-order chi connectivity index (χ1) is 26.2. The summed E-state index contributed by atoms with van der Waals surface area (Å²) in [5.74, 6) is 0.613. The molecule has 0 rings (SSSR count). The van der Waals surface area contributed by atoms with Crippen molar-refractivity contribution in [1.29, 1.82) is 0 Å². The molecule has 54 heavy (non-hydrogen) atoms. The SMILES string of the molecule is CCCCCCCCN(CCCCCCCC)S(=O)(=O)CCCCCCC[NH2+]CCCCCCS(=O)(=O)N(CCCCCCCC)CCCCCCCC. The Morgan fingerprint density at radius 3 is 0.796 bits per heavy atom. The first-order valence-electron chi connectivity index (χ1n) is 24.0. The summed E-state index contributed by atoms with van der Waals surface area (Å²) in [6, 6.07) is 0. The van der Waals surface area contributed by atoms with Crippen LogP contribution >= 0.6 is 0 Å². The molecule has 7 nitrogen and oxygen atoms in total. The van der Waals surface area contributed by atoms with Gasteiger partial charge in [0.05, 0.1) is 24.6 Å². The van der Waals surface area contributed by atoms with Gasteiger partial charge in [-0.3, -0.25) is 0 Å². The van der Waals surface area contributed by atoms with Crippen molar-refractivity contribution in [3.8, 4) is 0 Å². The minimum atomic E-state index is -3.17. The van der Waals surface area contributed by atoms with Crippen molar-refractivity contribution in [1.82, 2.24) is 8.61 Å². The fourth-order valence-electron chi connectivity index (χ4n) is 7.49. The minimum absolute atomic E-state index is 0.306. The van der Waals surface area contributed by atoms with E-state index in [4.69, 9.17) is 0 Å². The van der Waals surface area contributed by atoms with Crippen molar-refractivity contribution in [3.63, 3.8) is 0 Å². The standard InChI is InChI=1S/C45H95N3O4S2/c1-5-9-13-17-24-32-40-47(41-33-25-18-14-10-6-2)53(49,50)44-36-28-21-22-30-38-46-39-31-23-29-37-45-54(51,52)48(42-34-26-19-15-11-7-3)43-35-27-20-16-12-8-4/h46H,5-45H2,1-4H3/p+1. The fraction of sp³-hybridized carbons (Fsp3) is 1.00. The van der Waals surface area contributed by atoms with Gasteiger partial charge in [-0.1, -0.05) is 175 Å². The van der Waals surface area contributed by atoms with E-state index in [-0.39, 0.29) is 0 Å². The van der Waals surface area contributed by atoms with Gasteiger partial charge in [-0.25, -0.2) is 25.4 Å². The molecule has 0 saturated carbocycles. The Bertz CT molecular complexity index is 867. The van der Waals surface area contributed by atoms with Gasteiger partial charge in [0, 0.05) is 26.2 Å². The molecule has 0 atom stereocenters. The Labute approximate surface area is 339 Å². The summed E-state index contributed by atoms with van der Waals surface area (Å²) in [6.45, 7) is 14.0. The van der Waals surface area contributed by atoms with Crippen LogP contribution in [0.2, 0.25) is 0 Å². The molecule has 0 heterocycles. The van der Waals surface area contributed by atoms with Crippen molar-refractivity contribution in [2.45, 2.75) is 240 Å². The summed E-state index contributed by atoms with van der Waals surface area (Å²) < 4.78 is 56.8. The van der Waals surface area contributed by atoms with E-state index in [1.54, 1.807) is 0 Å². The molecule has 0 aliphatic rings. The van der Waals surface area contributed by atoms with E-state index in [0.717, 1.165) is 109 Å². The molecule has 0 aromatic heterocycles. The van der Waals surface area contributed by atoms with E-state index >= 15 is 0 Å². The highest BCUT2D eigenvalue weighted by molar-refractivity contribution is 7.89. The maximum atomic E-state index is 13.3. The van der Waals surface area contributed by atoms with Crippen molar-refractivity contribution >= 4 is 20.0 Å². The molecule has 0 radical (unpaired) electrons. The normalized spacial score (nSPS) is 12.5. The summed E-state index contributed by atoms with van der Waals surface area (Å²) >= 11 is 0. The topological polar surface area (TPSA) is 91.4 Å². The van der Waals surface area contributed by atoms with Crippen LogP contribution in [0.1, 0.15) is 240 Å². The first-order valence-corrected chi connectivity index (χ1v) is 27.2. The molecule has 0 aliphatic carbocycles. The van der Waals surface area contributed by atoms with Crippen molar-refractivity contribution in [3.05, 3.63) is 0 Å². The average Bonchev–Trinajstić information content (AvgIpc) is 3.15. The second-order valence-corrected chi connectivity index (χ2v) is 20.7. The van der Waals surface area contributed by atoms with Gasteiger partial charge in [-0.2, -0.15) is 0 Å². The van der Waals surface area contributed by atoms with Crippen LogP contribution in [-0.4, -0.2) is 76.2 Å². The maximum Gasteiger partial charge on any atom is 0.214 e. The second kappa shape index (κ2) is 39.6. The monoisotopic (exact) mass is 807 g/mol. The second-order valence-electron chi connectivity index (χ2n) is 16.5. The first kappa shape index (κ1) is 53.8. The van der Waals surface area contributed by atoms with Crippen LogP contribution in [0.4, 0.5) is 0 Å². The Morgan fingerprint density at radius 1 is 0.296 bits per heavy atom. The highest BCUT2D eigenvalue weighted by Crippen LogP contribution is 2.16. The quantitative estimate of drug-likeness (QED) is 0.0620. The van der Waals surface area contributed by atoms with Crippen LogP contribution in [-0.2, 0) is 20.0 Å². The molecule has 0 fully saturated rings. The third-order valence-electron chi connectivity index (χ3n) is 11.2. The highest BCUT2D eigenvalue weighted by atomic mass is 32.2. The molecule has 2 N–H and O–H groups in total. The summed E-state index contributed by atoms with van der Waals surface area (Å²) in [4.78, 5) is 0. The molecule has 0 unspecified atom stereocenters. The average molecular weight is 807 g/mol. The van der Waals surface area contributed by atoms with E-state index in [2.05, 4.69) is 33.0 Å². The zero-order chi connectivity index (χ0) is 39.9. The largest absolute Gasteiger partial charge is 0.346 e. The number of sulfonamides is 2. The predicted molar refractivity (Wildman–Crippen MR) is 237 cm³/mol. The van der Waals surface area contributed by atoms with Crippen LogP contribution in [0.5, 0.6) is 0 Å². The smallest absolute Gasteiger partial charge is 0.214 e. The molecular weight excluding hydrogens is 711 g/mol. The zero-order valence-corrected chi connectivity index (χ0v) is 38.5. The number of rotatable bonds is 45. The highest BCUT2D eigenvalue weighted by Gasteiger charge is 2.22. The number of nitrogens with zero attached hydrogens (tertiary/aromatic N) is 2. The molecular formula is C45H96N3O4S2+. The summed E-state index contributed by atoms with van der Waals surface area (Å²) in [7, 11) is -6.34. The van der Waals surface area contributed by atoms with Gasteiger partial charge in [-0.15, -0.1) is 0 Å². The molecule has 326 valence electrons. The van der Waals surface area contributed by atoms with Gasteiger partial charge >= 0.3 is 0 Å². The van der Waals surface area contributed by atoms with Crippen molar-refractivity contribution < 1.29 is 22.2 Å². The molecule has 0 aliphatic heterocycles. The maximum absolute atomic E-state index is 13.3. The number of hydrogen-bond acceptors (Lipinski definition) is 4. The molecule has 0 amide bonds. The van der Waals surface area contributed by atoms with Crippen LogP contribution < -0.4 is 5.32 Å². The number of nitrogens with two attached hydrogens (primary N) is 1. The summed E-state index contributed by atoms with van der Waals surface area (Å²) in [5, 5.41) is 2.41. The molecule has 0 bridgehead atoms. The molecule has 9 heteroatoms. The van der Waals surface area contributed by atoms with E-state index in [9.17, 15) is 16.8 Å². The Kier molecular flexibility index (Phi) is 39.4. The van der Waals surface area contributed by atoms with Gasteiger partial charge in [0.15, 0.2) is 0 Å². The van der Waals surface area contributed by atoms with E-state index in [1.165, 1.54) is 116 Å². The Morgan fingerprint density at radius 2 is 0.519 bits per heavy atom. The summed E-state index contributed by atoms with van der Waals surface area (Å²) in [6.07, 6.45) is 37.9. The van der Waals surface area contributed by atoms with Crippen molar-refractivity contribution in [2.75, 3.05) is 50.8 Å².